The Kier molecular flexibility index (Phi) is 4.30. The van der Waals surface area contributed by atoms with Crippen LogP contribution in [0.4, 0.5) is 0 Å². The predicted molar refractivity (Wildman–Crippen MR) is 79.8 cm³/mol. The van der Waals surface area contributed by atoms with E-state index in [9.17, 15) is 9.59 Å². The van der Waals surface area contributed by atoms with Gasteiger partial charge in [-0.05, 0) is 19.3 Å². The van der Waals surface area contributed by atoms with Gasteiger partial charge in [0.1, 0.15) is 6.10 Å². The standard InChI is InChI=1S/C15H23NO4S/c1-9(17)16-11-8-12-13(14(11)21-10(2)18)20-15(19-12)6-4-3-5-7-15/h11-14H,3-8H2,1-2H3,(H,16,17)/t11-,12+,13+,14+/m0/s1. The molecule has 0 aromatic carbocycles. The van der Waals surface area contributed by atoms with Gasteiger partial charge < -0.3 is 14.8 Å². The van der Waals surface area contributed by atoms with E-state index in [1.807, 2.05) is 0 Å². The monoisotopic (exact) mass is 313 g/mol. The Labute approximate surface area is 129 Å². The second-order valence-corrected chi connectivity index (χ2v) is 7.68. The molecule has 1 heterocycles. The van der Waals surface area contributed by atoms with Crippen molar-refractivity contribution in [1.29, 1.82) is 0 Å². The van der Waals surface area contributed by atoms with E-state index in [0.717, 1.165) is 32.1 Å². The lowest BCUT2D eigenvalue weighted by Gasteiger charge is -2.34. The minimum Gasteiger partial charge on any atom is -0.352 e. The first-order valence-electron chi connectivity index (χ1n) is 7.79. The lowest BCUT2D eigenvalue weighted by atomic mass is 9.94. The van der Waals surface area contributed by atoms with E-state index >= 15 is 0 Å². The molecular weight excluding hydrogens is 290 g/mol. The average molecular weight is 313 g/mol. The van der Waals surface area contributed by atoms with E-state index in [-0.39, 0.29) is 34.5 Å². The first kappa shape index (κ1) is 15.3. The number of hydrogen-bond acceptors (Lipinski definition) is 5. The molecule has 0 aromatic rings. The number of carbonyl (C=O) groups is 2. The SMILES string of the molecule is CC(=O)N[C@H]1C[C@H]2OC3(CCCCC3)O[C@H]2[C@@H]1SC(C)=O. The molecule has 21 heavy (non-hydrogen) atoms. The molecule has 4 atom stereocenters. The summed E-state index contributed by atoms with van der Waals surface area (Å²) in [5.41, 5.74) is 0. The molecule has 5 nitrogen and oxygen atoms in total. The van der Waals surface area contributed by atoms with Crippen LogP contribution >= 0.6 is 11.8 Å². The molecular formula is C15H23NO4S. The van der Waals surface area contributed by atoms with Crippen LogP contribution in [0.2, 0.25) is 0 Å². The topological polar surface area (TPSA) is 64.6 Å². The highest BCUT2D eigenvalue weighted by Crippen LogP contribution is 2.48. The molecule has 3 fully saturated rings. The van der Waals surface area contributed by atoms with Crippen molar-refractivity contribution in [1.82, 2.24) is 5.32 Å². The highest BCUT2D eigenvalue weighted by molar-refractivity contribution is 8.14. The Morgan fingerprint density at radius 2 is 1.86 bits per heavy atom. The largest absolute Gasteiger partial charge is 0.352 e. The summed E-state index contributed by atoms with van der Waals surface area (Å²) in [6.07, 6.45) is 6.05. The first-order chi connectivity index (χ1) is 9.99. The van der Waals surface area contributed by atoms with E-state index < -0.39 is 5.79 Å². The molecule has 3 aliphatic rings. The van der Waals surface area contributed by atoms with Gasteiger partial charge in [-0.2, -0.15) is 0 Å². The molecule has 0 unspecified atom stereocenters. The average Bonchev–Trinajstić information content (AvgIpc) is 2.86. The zero-order valence-corrected chi connectivity index (χ0v) is 13.4. The van der Waals surface area contributed by atoms with Crippen LogP contribution in [0.3, 0.4) is 0 Å². The molecule has 1 amide bonds. The van der Waals surface area contributed by atoms with E-state index in [1.54, 1.807) is 6.92 Å². The van der Waals surface area contributed by atoms with Crippen LogP contribution in [-0.4, -0.2) is 40.3 Å². The minimum atomic E-state index is -0.426. The zero-order valence-electron chi connectivity index (χ0n) is 12.6. The van der Waals surface area contributed by atoms with Crippen LogP contribution in [0.25, 0.3) is 0 Å². The van der Waals surface area contributed by atoms with Crippen molar-refractivity contribution >= 4 is 22.8 Å². The van der Waals surface area contributed by atoms with E-state index in [1.165, 1.54) is 25.1 Å². The van der Waals surface area contributed by atoms with Gasteiger partial charge in [-0.3, -0.25) is 9.59 Å². The quantitative estimate of drug-likeness (QED) is 0.844. The maximum Gasteiger partial charge on any atom is 0.217 e. The van der Waals surface area contributed by atoms with E-state index in [2.05, 4.69) is 5.32 Å². The summed E-state index contributed by atoms with van der Waals surface area (Å²) in [5.74, 6) is -0.494. The molecule has 118 valence electrons. The van der Waals surface area contributed by atoms with Crippen molar-refractivity contribution in [3.05, 3.63) is 0 Å². The fraction of sp³-hybridized carbons (Fsp3) is 0.867. The molecule has 2 saturated carbocycles. The van der Waals surface area contributed by atoms with Crippen molar-refractivity contribution in [3.63, 3.8) is 0 Å². The maximum absolute atomic E-state index is 11.5. The second kappa shape index (κ2) is 5.89. The number of rotatable bonds is 2. The van der Waals surface area contributed by atoms with Crippen molar-refractivity contribution in [3.8, 4) is 0 Å². The molecule has 1 N–H and O–H groups in total. The number of amides is 1. The van der Waals surface area contributed by atoms with Crippen molar-refractivity contribution in [2.75, 3.05) is 0 Å². The number of thioether (sulfide) groups is 1. The van der Waals surface area contributed by atoms with Gasteiger partial charge in [0, 0.05) is 32.7 Å². The van der Waals surface area contributed by atoms with Crippen LogP contribution in [0.1, 0.15) is 52.4 Å². The van der Waals surface area contributed by atoms with Crippen LogP contribution < -0.4 is 5.32 Å². The summed E-state index contributed by atoms with van der Waals surface area (Å²) in [5, 5.41) is 2.96. The van der Waals surface area contributed by atoms with Crippen LogP contribution in [0, 0.1) is 0 Å². The van der Waals surface area contributed by atoms with Crippen molar-refractivity contribution in [2.45, 2.75) is 81.7 Å². The Bertz CT molecular complexity index is 435. The van der Waals surface area contributed by atoms with Crippen LogP contribution in [0.5, 0.6) is 0 Å². The fourth-order valence-corrected chi connectivity index (χ4v) is 4.93. The number of nitrogens with one attached hydrogen (secondary N) is 1. The molecule has 1 saturated heterocycles. The van der Waals surface area contributed by atoms with E-state index in [4.69, 9.17) is 9.47 Å². The minimum absolute atomic E-state index is 0.00296. The smallest absolute Gasteiger partial charge is 0.217 e. The van der Waals surface area contributed by atoms with Gasteiger partial charge in [0.05, 0.1) is 11.4 Å². The third-order valence-electron chi connectivity index (χ3n) is 4.60. The number of hydrogen-bond donors (Lipinski definition) is 1. The lowest BCUT2D eigenvalue weighted by Crippen LogP contribution is -2.44. The Balaban J connectivity index is 1.73. The van der Waals surface area contributed by atoms with Crippen LogP contribution in [-0.2, 0) is 19.1 Å². The lowest BCUT2D eigenvalue weighted by molar-refractivity contribution is -0.198. The normalized spacial score (nSPS) is 37.4. The molecule has 1 aliphatic heterocycles. The molecule has 0 aromatic heterocycles. The summed E-state index contributed by atoms with van der Waals surface area (Å²) in [4.78, 5) is 22.9. The molecule has 1 spiro atoms. The Hall–Kier alpha value is -0.590. The summed E-state index contributed by atoms with van der Waals surface area (Å²) in [6, 6.07) is -0.0488. The van der Waals surface area contributed by atoms with Crippen molar-refractivity contribution < 1.29 is 19.1 Å². The molecule has 2 aliphatic carbocycles. The summed E-state index contributed by atoms with van der Waals surface area (Å²) in [6.45, 7) is 3.07. The van der Waals surface area contributed by atoms with E-state index in [0.29, 0.717) is 0 Å². The summed E-state index contributed by atoms with van der Waals surface area (Å²) in [7, 11) is 0. The highest BCUT2D eigenvalue weighted by Gasteiger charge is 2.57. The van der Waals surface area contributed by atoms with Gasteiger partial charge in [-0.15, -0.1) is 0 Å². The summed E-state index contributed by atoms with van der Waals surface area (Å²) < 4.78 is 12.5. The molecule has 0 radical (unpaired) electrons. The third-order valence-corrected chi connectivity index (χ3v) is 5.80. The fourth-order valence-electron chi connectivity index (χ4n) is 3.84. The number of carbonyl (C=O) groups excluding carboxylic acids is 2. The third kappa shape index (κ3) is 3.12. The van der Waals surface area contributed by atoms with Crippen LogP contribution in [0.15, 0.2) is 0 Å². The van der Waals surface area contributed by atoms with Gasteiger partial charge in [0.2, 0.25) is 5.91 Å². The van der Waals surface area contributed by atoms with Gasteiger partial charge in [0.15, 0.2) is 10.9 Å². The first-order valence-corrected chi connectivity index (χ1v) is 8.67. The Morgan fingerprint density at radius 3 is 2.48 bits per heavy atom. The summed E-state index contributed by atoms with van der Waals surface area (Å²) >= 11 is 1.28. The number of fused-ring (bicyclic) bond motifs is 1. The second-order valence-electron chi connectivity index (χ2n) is 6.33. The number of ether oxygens (including phenoxy) is 2. The van der Waals surface area contributed by atoms with Crippen molar-refractivity contribution in [2.24, 2.45) is 0 Å². The molecule has 0 bridgehead atoms. The highest BCUT2D eigenvalue weighted by atomic mass is 32.2. The van der Waals surface area contributed by atoms with Gasteiger partial charge in [-0.25, -0.2) is 0 Å². The van der Waals surface area contributed by atoms with Gasteiger partial charge >= 0.3 is 0 Å². The van der Waals surface area contributed by atoms with Gasteiger partial charge in [0.25, 0.3) is 0 Å². The maximum atomic E-state index is 11.5. The molecule has 3 rings (SSSR count). The Morgan fingerprint density at radius 1 is 1.14 bits per heavy atom. The van der Waals surface area contributed by atoms with Gasteiger partial charge in [-0.1, -0.05) is 18.2 Å². The molecule has 6 heteroatoms. The predicted octanol–water partition coefficient (Wildman–Crippen LogP) is 1.99. The zero-order chi connectivity index (χ0) is 15.0.